The average Bonchev–Trinajstić information content (AvgIpc) is 2.59. The van der Waals surface area contributed by atoms with E-state index in [0.29, 0.717) is 17.0 Å². The molecule has 0 aliphatic rings. The van der Waals surface area contributed by atoms with Gasteiger partial charge in [0.2, 0.25) is 0 Å². The van der Waals surface area contributed by atoms with Crippen molar-refractivity contribution in [2.45, 2.75) is 20.3 Å². The molecule has 0 aliphatic heterocycles. The third kappa shape index (κ3) is 1.12. The molecule has 70 valence electrons. The van der Waals surface area contributed by atoms with E-state index in [-0.39, 0.29) is 0 Å². The van der Waals surface area contributed by atoms with Crippen molar-refractivity contribution in [3.05, 3.63) is 23.4 Å². The lowest BCUT2D eigenvalue weighted by Gasteiger charge is -2.01. The van der Waals surface area contributed by atoms with Gasteiger partial charge in [-0.2, -0.15) is 14.9 Å². The summed E-state index contributed by atoms with van der Waals surface area (Å²) in [6, 6.07) is 2.05. The lowest BCUT2D eigenvalue weighted by Crippen LogP contribution is -2.05. The first-order valence-electron chi connectivity index (χ1n) is 4.37. The van der Waals surface area contributed by atoms with Gasteiger partial charge in [-0.15, -0.1) is 0 Å². The number of fused-ring (bicyclic) bond motifs is 1. The first-order valence-corrected chi connectivity index (χ1v) is 4.37. The summed E-state index contributed by atoms with van der Waals surface area (Å²) < 4.78 is 1.62. The molecule has 0 fully saturated rings. The monoisotopic (exact) mass is 187 g/mol. The van der Waals surface area contributed by atoms with Crippen LogP contribution in [-0.4, -0.2) is 19.6 Å². The van der Waals surface area contributed by atoms with Crippen molar-refractivity contribution >= 4 is 5.65 Å². The molecule has 0 unspecified atom stereocenters. The Hall–Kier alpha value is -1.96. The second kappa shape index (κ2) is 3.07. The molecule has 2 rings (SSSR count). The number of rotatable bonds is 1. The van der Waals surface area contributed by atoms with Crippen LogP contribution in [0.25, 0.3) is 5.65 Å². The van der Waals surface area contributed by atoms with Gasteiger partial charge in [0.15, 0.2) is 5.65 Å². The standard InChI is InChI=1S/C9H9N5/c1-3-8-12-6(2)13-9-7(4-10)5-11-14(8)9/h5H,3H2,1-2H3. The Bertz CT molecular complexity index is 520. The minimum atomic E-state index is 0.491. The number of hydrogen-bond acceptors (Lipinski definition) is 4. The molecular weight excluding hydrogens is 178 g/mol. The smallest absolute Gasteiger partial charge is 0.176 e. The summed E-state index contributed by atoms with van der Waals surface area (Å²) in [6.07, 6.45) is 2.29. The van der Waals surface area contributed by atoms with Gasteiger partial charge in [0, 0.05) is 6.42 Å². The SMILES string of the molecule is CCc1nc(C)nc2c(C#N)cnn12. The molecule has 14 heavy (non-hydrogen) atoms. The van der Waals surface area contributed by atoms with Gasteiger partial charge in [-0.05, 0) is 6.92 Å². The highest BCUT2D eigenvalue weighted by Crippen LogP contribution is 2.08. The number of hydrogen-bond donors (Lipinski definition) is 0. The summed E-state index contributed by atoms with van der Waals surface area (Å²) >= 11 is 0. The van der Waals surface area contributed by atoms with Crippen molar-refractivity contribution < 1.29 is 0 Å². The molecule has 2 heterocycles. The first-order chi connectivity index (χ1) is 6.76. The zero-order chi connectivity index (χ0) is 10.1. The van der Waals surface area contributed by atoms with Gasteiger partial charge in [-0.1, -0.05) is 6.92 Å². The van der Waals surface area contributed by atoms with Crippen LogP contribution in [0, 0.1) is 18.3 Å². The maximum atomic E-state index is 8.82. The number of aromatic nitrogens is 4. The zero-order valence-corrected chi connectivity index (χ0v) is 8.02. The predicted molar refractivity (Wildman–Crippen MR) is 49.6 cm³/mol. The van der Waals surface area contributed by atoms with Crippen molar-refractivity contribution in [3.63, 3.8) is 0 Å². The van der Waals surface area contributed by atoms with E-state index in [2.05, 4.69) is 21.1 Å². The van der Waals surface area contributed by atoms with Gasteiger partial charge in [0.05, 0.1) is 6.20 Å². The Balaban J connectivity index is 2.85. The molecule has 0 spiro atoms. The highest BCUT2D eigenvalue weighted by atomic mass is 15.3. The quantitative estimate of drug-likeness (QED) is 0.664. The maximum Gasteiger partial charge on any atom is 0.176 e. The van der Waals surface area contributed by atoms with Crippen LogP contribution in [0.3, 0.4) is 0 Å². The molecule has 0 atom stereocenters. The molecule has 5 heteroatoms. The number of nitrogens with zero attached hydrogens (tertiary/aromatic N) is 5. The Morgan fingerprint density at radius 3 is 2.93 bits per heavy atom. The van der Waals surface area contributed by atoms with Crippen molar-refractivity contribution in [1.82, 2.24) is 19.6 Å². The molecule has 0 bridgehead atoms. The highest BCUT2D eigenvalue weighted by Gasteiger charge is 2.09. The largest absolute Gasteiger partial charge is 0.218 e. The van der Waals surface area contributed by atoms with Crippen molar-refractivity contribution in [1.29, 1.82) is 5.26 Å². The number of nitriles is 1. The molecule has 0 N–H and O–H groups in total. The third-order valence-corrected chi connectivity index (χ3v) is 1.98. The fraction of sp³-hybridized carbons (Fsp3) is 0.333. The summed E-state index contributed by atoms with van der Waals surface area (Å²) in [4.78, 5) is 8.43. The first kappa shape index (κ1) is 8.63. The van der Waals surface area contributed by atoms with E-state index in [1.165, 1.54) is 6.20 Å². The van der Waals surface area contributed by atoms with E-state index in [0.717, 1.165) is 12.2 Å². The number of aryl methyl sites for hydroxylation is 2. The molecular formula is C9H9N5. The third-order valence-electron chi connectivity index (χ3n) is 1.98. The summed E-state index contributed by atoms with van der Waals surface area (Å²) in [5.74, 6) is 1.50. The van der Waals surface area contributed by atoms with Crippen LogP contribution >= 0.6 is 0 Å². The van der Waals surface area contributed by atoms with Crippen LogP contribution < -0.4 is 0 Å². The van der Waals surface area contributed by atoms with Crippen LogP contribution in [0.1, 0.15) is 24.1 Å². The summed E-state index contributed by atoms with van der Waals surface area (Å²) in [5, 5.41) is 12.9. The Morgan fingerprint density at radius 2 is 2.29 bits per heavy atom. The van der Waals surface area contributed by atoms with Crippen molar-refractivity contribution in [2.75, 3.05) is 0 Å². The van der Waals surface area contributed by atoms with Crippen LogP contribution in [0.4, 0.5) is 0 Å². The molecule has 5 nitrogen and oxygen atoms in total. The molecule has 0 saturated heterocycles. The normalized spacial score (nSPS) is 10.4. The van der Waals surface area contributed by atoms with E-state index in [4.69, 9.17) is 5.26 Å². The summed E-state index contributed by atoms with van der Waals surface area (Å²) in [7, 11) is 0. The maximum absolute atomic E-state index is 8.82. The minimum absolute atomic E-state index is 0.491. The zero-order valence-electron chi connectivity index (χ0n) is 8.02. The summed E-state index contributed by atoms with van der Waals surface area (Å²) in [6.45, 7) is 3.81. The molecule has 0 radical (unpaired) electrons. The Morgan fingerprint density at radius 1 is 1.50 bits per heavy atom. The molecule has 0 saturated carbocycles. The van der Waals surface area contributed by atoms with Gasteiger partial charge < -0.3 is 0 Å². The van der Waals surface area contributed by atoms with Gasteiger partial charge in [-0.25, -0.2) is 9.97 Å². The molecule has 2 aromatic rings. The predicted octanol–water partition coefficient (Wildman–Crippen LogP) is 0.867. The van der Waals surface area contributed by atoms with Gasteiger partial charge in [0.25, 0.3) is 0 Å². The lowest BCUT2D eigenvalue weighted by atomic mass is 10.3. The van der Waals surface area contributed by atoms with E-state index in [1.54, 1.807) is 4.52 Å². The second-order valence-electron chi connectivity index (χ2n) is 2.95. The van der Waals surface area contributed by atoms with Crippen LogP contribution in [0.15, 0.2) is 6.20 Å². The second-order valence-corrected chi connectivity index (χ2v) is 2.95. The van der Waals surface area contributed by atoms with Gasteiger partial charge >= 0.3 is 0 Å². The fourth-order valence-electron chi connectivity index (χ4n) is 1.36. The van der Waals surface area contributed by atoms with E-state index in [1.807, 2.05) is 13.8 Å². The van der Waals surface area contributed by atoms with Crippen LogP contribution in [0.2, 0.25) is 0 Å². The molecule has 0 amide bonds. The Labute approximate surface area is 81.0 Å². The van der Waals surface area contributed by atoms with E-state index in [9.17, 15) is 0 Å². The lowest BCUT2D eigenvalue weighted by molar-refractivity contribution is 0.775. The van der Waals surface area contributed by atoms with Crippen molar-refractivity contribution in [3.8, 4) is 6.07 Å². The fourth-order valence-corrected chi connectivity index (χ4v) is 1.36. The highest BCUT2D eigenvalue weighted by molar-refractivity contribution is 5.53. The summed E-state index contributed by atoms with van der Waals surface area (Å²) in [5.41, 5.74) is 1.09. The molecule has 0 aromatic carbocycles. The van der Waals surface area contributed by atoms with Gasteiger partial charge in [-0.3, -0.25) is 0 Å². The van der Waals surface area contributed by atoms with Crippen LogP contribution in [0.5, 0.6) is 0 Å². The van der Waals surface area contributed by atoms with Crippen molar-refractivity contribution in [2.24, 2.45) is 0 Å². The average molecular weight is 187 g/mol. The molecule has 2 aromatic heterocycles. The minimum Gasteiger partial charge on any atom is -0.218 e. The van der Waals surface area contributed by atoms with Gasteiger partial charge in [0.1, 0.15) is 23.3 Å². The molecule has 0 aliphatic carbocycles. The van der Waals surface area contributed by atoms with E-state index >= 15 is 0 Å². The van der Waals surface area contributed by atoms with Crippen LogP contribution in [-0.2, 0) is 6.42 Å². The van der Waals surface area contributed by atoms with E-state index < -0.39 is 0 Å². The Kier molecular flexibility index (Phi) is 1.89. The topological polar surface area (TPSA) is 66.9 Å².